The molecule has 1 saturated heterocycles. The maximum absolute atomic E-state index is 12.4. The lowest BCUT2D eigenvalue weighted by atomic mass is 9.97. The van der Waals surface area contributed by atoms with Crippen LogP contribution in [0.2, 0.25) is 0 Å². The molecule has 1 amide bonds. The number of carbonyl (C=O) groups is 2. The smallest absolute Gasteiger partial charge is 0.329 e. The fourth-order valence-corrected chi connectivity index (χ4v) is 3.31. The molecule has 2 unspecified atom stereocenters. The van der Waals surface area contributed by atoms with Crippen molar-refractivity contribution in [2.24, 2.45) is 0 Å². The molecule has 1 fully saturated rings. The number of nitrogens with one attached hydrogen (secondary N) is 2. The molecule has 1 aromatic carbocycles. The summed E-state index contributed by atoms with van der Waals surface area (Å²) in [4.78, 5) is 23.3. The van der Waals surface area contributed by atoms with Crippen LogP contribution in [0, 0.1) is 0 Å². The van der Waals surface area contributed by atoms with Crippen molar-refractivity contribution < 1.29 is 19.4 Å². The van der Waals surface area contributed by atoms with E-state index in [0.717, 1.165) is 36.9 Å². The Morgan fingerprint density at radius 3 is 2.88 bits per heavy atom. The third-order valence-electron chi connectivity index (χ3n) is 4.62. The lowest BCUT2D eigenvalue weighted by Gasteiger charge is -2.20. The summed E-state index contributed by atoms with van der Waals surface area (Å²) in [6.07, 6.45) is 10.7. The predicted octanol–water partition coefficient (Wildman–Crippen LogP) is 2.58. The van der Waals surface area contributed by atoms with E-state index in [-0.39, 0.29) is 24.7 Å². The molecule has 2 aliphatic rings. The highest BCUT2D eigenvalue weighted by Crippen LogP contribution is 2.30. The average molecular weight is 356 g/mol. The number of allylic oxidation sites excluding steroid dienone is 3. The second-order valence-corrected chi connectivity index (χ2v) is 6.54. The Kier molecular flexibility index (Phi) is 6.20. The summed E-state index contributed by atoms with van der Waals surface area (Å²) in [7, 11) is 0. The lowest BCUT2D eigenvalue weighted by molar-refractivity contribution is -0.144. The Morgan fingerprint density at radius 1 is 1.27 bits per heavy atom. The molecule has 0 spiro atoms. The van der Waals surface area contributed by atoms with Crippen molar-refractivity contribution in [1.29, 1.82) is 0 Å². The van der Waals surface area contributed by atoms with Crippen LogP contribution in [0.15, 0.2) is 42.5 Å². The van der Waals surface area contributed by atoms with Gasteiger partial charge in [-0.1, -0.05) is 30.4 Å². The van der Waals surface area contributed by atoms with Crippen molar-refractivity contribution >= 4 is 17.6 Å². The van der Waals surface area contributed by atoms with Gasteiger partial charge in [0.2, 0.25) is 5.91 Å². The van der Waals surface area contributed by atoms with Crippen molar-refractivity contribution in [3.63, 3.8) is 0 Å². The molecule has 26 heavy (non-hydrogen) atoms. The summed E-state index contributed by atoms with van der Waals surface area (Å²) in [5.74, 6) is -1.03. The fourth-order valence-electron chi connectivity index (χ4n) is 3.31. The van der Waals surface area contributed by atoms with E-state index in [1.807, 2.05) is 36.4 Å². The highest BCUT2D eigenvalue weighted by atomic mass is 16.5. The first kappa shape index (κ1) is 18.4. The van der Waals surface area contributed by atoms with Crippen LogP contribution in [0.25, 0.3) is 0 Å². The van der Waals surface area contributed by atoms with Crippen LogP contribution >= 0.6 is 0 Å². The third kappa shape index (κ3) is 4.80. The van der Waals surface area contributed by atoms with Gasteiger partial charge in [-0.15, -0.1) is 0 Å². The molecule has 1 aliphatic heterocycles. The number of hydrogen-bond donors (Lipinski definition) is 3. The van der Waals surface area contributed by atoms with Crippen molar-refractivity contribution in [3.05, 3.63) is 53.6 Å². The molecular formula is C20H24N2O4. The van der Waals surface area contributed by atoms with Gasteiger partial charge in [-0.05, 0) is 55.5 Å². The van der Waals surface area contributed by atoms with Gasteiger partial charge in [0.1, 0.15) is 6.61 Å². The number of carboxylic acids is 1. The Morgan fingerprint density at radius 2 is 2.12 bits per heavy atom. The standard InChI is InChI=1S/C20H24N2O4/c23-19(24)13-26-18-8-4-2-1-3-6-14-9-10-15(12-16(14)18)22-20(25)17-7-5-11-21-17/h1-4,9-10,12,17-18,21H,5-8,11,13H2,(H,22,25)(H,23,24)/b3-1-,4-2-. The first-order chi connectivity index (χ1) is 12.6. The predicted molar refractivity (Wildman–Crippen MR) is 99.0 cm³/mol. The Bertz CT molecular complexity index is 721. The summed E-state index contributed by atoms with van der Waals surface area (Å²) < 4.78 is 5.62. The Balaban J connectivity index is 1.82. The number of carbonyl (C=O) groups excluding carboxylic acids is 1. The fraction of sp³-hybridized carbons (Fsp3) is 0.400. The van der Waals surface area contributed by atoms with E-state index in [0.29, 0.717) is 12.1 Å². The second-order valence-electron chi connectivity index (χ2n) is 6.54. The third-order valence-corrected chi connectivity index (χ3v) is 4.62. The number of anilines is 1. The van der Waals surface area contributed by atoms with Crippen LogP contribution in [-0.4, -0.2) is 36.2 Å². The molecule has 138 valence electrons. The SMILES string of the molecule is O=C(O)COC1C/C=C\C=C/Cc2ccc(NC(=O)C3CCCN3)cc21. The summed E-state index contributed by atoms with van der Waals surface area (Å²) >= 11 is 0. The summed E-state index contributed by atoms with van der Waals surface area (Å²) in [6.45, 7) is 0.514. The molecule has 0 saturated carbocycles. The maximum atomic E-state index is 12.4. The van der Waals surface area contributed by atoms with Crippen molar-refractivity contribution in [2.45, 2.75) is 37.8 Å². The molecule has 1 heterocycles. The molecule has 2 atom stereocenters. The topological polar surface area (TPSA) is 87.7 Å². The van der Waals surface area contributed by atoms with E-state index in [1.54, 1.807) is 0 Å². The molecule has 3 N–H and O–H groups in total. The number of amides is 1. The highest BCUT2D eigenvalue weighted by Gasteiger charge is 2.23. The van der Waals surface area contributed by atoms with E-state index in [1.165, 1.54) is 0 Å². The number of benzene rings is 1. The first-order valence-electron chi connectivity index (χ1n) is 8.95. The Labute approximate surface area is 152 Å². The van der Waals surface area contributed by atoms with E-state index in [2.05, 4.69) is 16.7 Å². The molecule has 6 heteroatoms. The van der Waals surface area contributed by atoms with Gasteiger partial charge in [0.15, 0.2) is 0 Å². The van der Waals surface area contributed by atoms with Crippen LogP contribution in [0.4, 0.5) is 5.69 Å². The van der Waals surface area contributed by atoms with Crippen LogP contribution in [0.1, 0.15) is 36.5 Å². The number of rotatable bonds is 5. The van der Waals surface area contributed by atoms with Crippen molar-refractivity contribution in [1.82, 2.24) is 5.32 Å². The number of fused-ring (bicyclic) bond motifs is 1. The van der Waals surface area contributed by atoms with Crippen LogP contribution < -0.4 is 10.6 Å². The molecule has 0 radical (unpaired) electrons. The minimum absolute atomic E-state index is 0.0340. The first-order valence-corrected chi connectivity index (χ1v) is 8.95. The van der Waals surface area contributed by atoms with Gasteiger partial charge >= 0.3 is 5.97 Å². The number of hydrogen-bond acceptors (Lipinski definition) is 4. The van der Waals surface area contributed by atoms with Crippen LogP contribution in [0.5, 0.6) is 0 Å². The lowest BCUT2D eigenvalue weighted by Crippen LogP contribution is -2.35. The zero-order chi connectivity index (χ0) is 18.4. The van der Waals surface area contributed by atoms with Crippen molar-refractivity contribution in [3.8, 4) is 0 Å². The normalized spacial score (nSPS) is 24.6. The number of aliphatic carboxylic acids is 1. The van der Waals surface area contributed by atoms with Gasteiger partial charge in [-0.2, -0.15) is 0 Å². The molecule has 1 aliphatic carbocycles. The summed E-state index contributed by atoms with van der Waals surface area (Å²) in [5, 5.41) is 15.1. The van der Waals surface area contributed by atoms with E-state index >= 15 is 0 Å². The van der Waals surface area contributed by atoms with E-state index < -0.39 is 5.97 Å². The van der Waals surface area contributed by atoms with E-state index in [9.17, 15) is 9.59 Å². The number of carboxylic acid groups (broad SMARTS) is 1. The minimum atomic E-state index is -0.995. The zero-order valence-corrected chi connectivity index (χ0v) is 14.6. The monoisotopic (exact) mass is 356 g/mol. The van der Waals surface area contributed by atoms with Gasteiger partial charge in [0, 0.05) is 5.69 Å². The van der Waals surface area contributed by atoms with Gasteiger partial charge in [-0.3, -0.25) is 4.79 Å². The molecule has 1 aromatic rings. The molecule has 6 nitrogen and oxygen atoms in total. The quantitative estimate of drug-likeness (QED) is 0.755. The largest absolute Gasteiger partial charge is 0.480 e. The minimum Gasteiger partial charge on any atom is -0.480 e. The van der Waals surface area contributed by atoms with Gasteiger partial charge in [0.25, 0.3) is 0 Å². The molecular weight excluding hydrogens is 332 g/mol. The second kappa shape index (κ2) is 8.78. The molecule has 0 aromatic heterocycles. The zero-order valence-electron chi connectivity index (χ0n) is 14.6. The summed E-state index contributed by atoms with van der Waals surface area (Å²) in [5.41, 5.74) is 2.69. The van der Waals surface area contributed by atoms with Crippen molar-refractivity contribution in [2.75, 3.05) is 18.5 Å². The Hall–Kier alpha value is -2.44. The number of ether oxygens (including phenoxy) is 1. The van der Waals surface area contributed by atoms with Gasteiger partial charge < -0.3 is 20.5 Å². The van der Waals surface area contributed by atoms with Gasteiger partial charge in [-0.25, -0.2) is 4.79 Å². The highest BCUT2D eigenvalue weighted by molar-refractivity contribution is 5.95. The summed E-state index contributed by atoms with van der Waals surface area (Å²) in [6, 6.07) is 5.62. The van der Waals surface area contributed by atoms with E-state index in [4.69, 9.17) is 9.84 Å². The molecule has 0 bridgehead atoms. The maximum Gasteiger partial charge on any atom is 0.329 e. The van der Waals surface area contributed by atoms with Crippen LogP contribution in [-0.2, 0) is 20.7 Å². The molecule has 3 rings (SSSR count). The van der Waals surface area contributed by atoms with Gasteiger partial charge in [0.05, 0.1) is 12.1 Å². The average Bonchev–Trinajstić information content (AvgIpc) is 3.17. The van der Waals surface area contributed by atoms with Crippen LogP contribution in [0.3, 0.4) is 0 Å².